The van der Waals surface area contributed by atoms with Gasteiger partial charge in [0.25, 0.3) is 5.91 Å². The number of amides is 1. The van der Waals surface area contributed by atoms with Crippen LogP contribution in [0.4, 0.5) is 5.69 Å². The van der Waals surface area contributed by atoms with Crippen molar-refractivity contribution in [3.8, 4) is 11.5 Å². The first-order chi connectivity index (χ1) is 15.5. The van der Waals surface area contributed by atoms with E-state index in [-0.39, 0.29) is 12.7 Å². The lowest BCUT2D eigenvalue weighted by atomic mass is 9.81. The summed E-state index contributed by atoms with van der Waals surface area (Å²) in [4.78, 5) is 15.6. The molecule has 168 valence electrons. The zero-order chi connectivity index (χ0) is 22.2. The number of rotatable bonds is 5. The fourth-order valence-corrected chi connectivity index (χ4v) is 5.22. The lowest BCUT2D eigenvalue weighted by Crippen LogP contribution is -2.38. The Morgan fingerprint density at radius 3 is 2.72 bits per heavy atom. The fourth-order valence-electron chi connectivity index (χ4n) is 5.22. The fraction of sp³-hybridized carbons (Fsp3) is 0.444. The average molecular weight is 433 g/mol. The van der Waals surface area contributed by atoms with Crippen LogP contribution in [0.1, 0.15) is 59.7 Å². The average Bonchev–Trinajstić information content (AvgIpc) is 3.26. The summed E-state index contributed by atoms with van der Waals surface area (Å²) in [5.41, 5.74) is 6.14. The van der Waals surface area contributed by atoms with Crippen molar-refractivity contribution in [2.45, 2.75) is 52.5 Å². The number of carbonyl (C=O) groups is 1. The molecule has 1 N–H and O–H groups in total. The van der Waals surface area contributed by atoms with Crippen LogP contribution in [-0.2, 0) is 13.0 Å². The van der Waals surface area contributed by atoms with E-state index in [0.29, 0.717) is 19.0 Å². The summed E-state index contributed by atoms with van der Waals surface area (Å²) in [5, 5.41) is 3.55. The summed E-state index contributed by atoms with van der Waals surface area (Å²) in [6.07, 6.45) is 5.70. The Morgan fingerprint density at radius 2 is 1.91 bits per heavy atom. The third-order valence-electron chi connectivity index (χ3n) is 7.29. The van der Waals surface area contributed by atoms with Gasteiger partial charge >= 0.3 is 0 Å². The summed E-state index contributed by atoms with van der Waals surface area (Å²) in [7, 11) is 0. The van der Waals surface area contributed by atoms with Crippen molar-refractivity contribution >= 4 is 11.6 Å². The molecule has 5 nitrogen and oxygen atoms in total. The van der Waals surface area contributed by atoms with E-state index >= 15 is 0 Å². The summed E-state index contributed by atoms with van der Waals surface area (Å²) in [6, 6.07) is 10.1. The number of fused-ring (bicyclic) bond motifs is 2. The number of allylic oxidation sites excluding steroid dienone is 1. The molecule has 0 unspecified atom stereocenters. The molecule has 2 aromatic rings. The number of nitrogens with zero attached hydrogens (tertiary/aromatic N) is 1. The van der Waals surface area contributed by atoms with E-state index in [4.69, 9.17) is 9.47 Å². The number of hydrogen-bond donors (Lipinski definition) is 1. The molecule has 0 atom stereocenters. The largest absolute Gasteiger partial charge is 0.454 e. The lowest BCUT2D eigenvalue weighted by molar-refractivity contribution is 0.0727. The third kappa shape index (κ3) is 3.96. The number of hydrogen-bond acceptors (Lipinski definition) is 4. The Bertz CT molecular complexity index is 1050. The van der Waals surface area contributed by atoms with Gasteiger partial charge in [0.05, 0.1) is 11.3 Å². The molecule has 5 heteroatoms. The van der Waals surface area contributed by atoms with E-state index in [0.717, 1.165) is 51.9 Å². The van der Waals surface area contributed by atoms with Crippen LogP contribution in [0.2, 0.25) is 0 Å². The third-order valence-corrected chi connectivity index (χ3v) is 7.29. The van der Waals surface area contributed by atoms with E-state index in [1.165, 1.54) is 31.2 Å². The summed E-state index contributed by atoms with van der Waals surface area (Å²) in [6.45, 7) is 10.3. The van der Waals surface area contributed by atoms with Gasteiger partial charge in [-0.3, -0.25) is 4.79 Å². The first kappa shape index (κ1) is 20.9. The minimum atomic E-state index is 0.0835. The maximum atomic E-state index is 13.6. The number of anilines is 1. The van der Waals surface area contributed by atoms with E-state index in [1.54, 1.807) is 0 Å². The zero-order valence-electron chi connectivity index (χ0n) is 19.1. The van der Waals surface area contributed by atoms with Crippen molar-refractivity contribution in [1.82, 2.24) is 4.90 Å². The highest BCUT2D eigenvalue weighted by Gasteiger charge is 2.30. The van der Waals surface area contributed by atoms with Crippen molar-refractivity contribution in [1.29, 1.82) is 0 Å². The maximum absolute atomic E-state index is 13.6. The Labute approximate surface area is 190 Å². The molecule has 0 bridgehead atoms. The van der Waals surface area contributed by atoms with E-state index in [9.17, 15) is 4.79 Å². The molecular weight excluding hydrogens is 400 g/mol. The Balaban J connectivity index is 1.36. The predicted molar refractivity (Wildman–Crippen MR) is 126 cm³/mol. The predicted octanol–water partition coefficient (Wildman–Crippen LogP) is 5.67. The van der Waals surface area contributed by atoms with E-state index in [2.05, 4.69) is 31.8 Å². The molecule has 0 radical (unpaired) electrons. The van der Waals surface area contributed by atoms with Crippen molar-refractivity contribution in [2.24, 2.45) is 11.8 Å². The number of benzene rings is 2. The van der Waals surface area contributed by atoms with Crippen LogP contribution in [0.3, 0.4) is 0 Å². The smallest absolute Gasteiger partial charge is 0.256 e. The SMILES string of the molecule is C=C(Nc1ccc(C)c2c1C(=O)N(Cc1ccc3c(c1)OCO3)CC2)C1CCC(C)CC1. The van der Waals surface area contributed by atoms with Gasteiger partial charge in [-0.05, 0) is 72.9 Å². The molecule has 3 aliphatic rings. The van der Waals surface area contributed by atoms with Crippen LogP contribution in [0.25, 0.3) is 0 Å². The van der Waals surface area contributed by atoms with Gasteiger partial charge in [0, 0.05) is 18.8 Å². The van der Waals surface area contributed by atoms with Gasteiger partial charge in [0.15, 0.2) is 11.5 Å². The zero-order valence-corrected chi connectivity index (χ0v) is 19.1. The molecule has 2 heterocycles. The molecule has 1 saturated carbocycles. The van der Waals surface area contributed by atoms with Crippen molar-refractivity contribution < 1.29 is 14.3 Å². The molecule has 0 saturated heterocycles. The van der Waals surface area contributed by atoms with Gasteiger partial charge in [-0.1, -0.05) is 38.5 Å². The van der Waals surface area contributed by atoms with Gasteiger partial charge < -0.3 is 19.7 Å². The number of carbonyl (C=O) groups excluding carboxylic acids is 1. The van der Waals surface area contributed by atoms with Gasteiger partial charge in [-0.25, -0.2) is 0 Å². The molecule has 1 aliphatic carbocycles. The summed E-state index contributed by atoms with van der Waals surface area (Å²) >= 11 is 0. The second-order valence-corrected chi connectivity index (χ2v) is 9.55. The van der Waals surface area contributed by atoms with Crippen LogP contribution in [0.15, 0.2) is 42.6 Å². The number of aryl methyl sites for hydroxylation is 1. The molecule has 32 heavy (non-hydrogen) atoms. The van der Waals surface area contributed by atoms with Crippen LogP contribution in [0, 0.1) is 18.8 Å². The second-order valence-electron chi connectivity index (χ2n) is 9.55. The molecule has 0 spiro atoms. The van der Waals surface area contributed by atoms with Crippen molar-refractivity contribution in [2.75, 3.05) is 18.7 Å². The first-order valence-corrected chi connectivity index (χ1v) is 11.8. The molecule has 2 aromatic carbocycles. The summed E-state index contributed by atoms with van der Waals surface area (Å²) < 4.78 is 10.9. The molecule has 1 fully saturated rings. The Hall–Kier alpha value is -2.95. The van der Waals surface area contributed by atoms with Crippen LogP contribution in [0.5, 0.6) is 11.5 Å². The Morgan fingerprint density at radius 1 is 1.12 bits per heavy atom. The highest BCUT2D eigenvalue weighted by atomic mass is 16.7. The van der Waals surface area contributed by atoms with Crippen molar-refractivity contribution in [3.63, 3.8) is 0 Å². The highest BCUT2D eigenvalue weighted by molar-refractivity contribution is 6.02. The maximum Gasteiger partial charge on any atom is 0.256 e. The number of nitrogens with one attached hydrogen (secondary N) is 1. The normalized spacial score (nSPS) is 21.9. The van der Waals surface area contributed by atoms with Crippen molar-refractivity contribution in [3.05, 3.63) is 64.9 Å². The monoisotopic (exact) mass is 432 g/mol. The quantitative estimate of drug-likeness (QED) is 0.661. The van der Waals surface area contributed by atoms with Gasteiger partial charge in [-0.2, -0.15) is 0 Å². The van der Waals surface area contributed by atoms with Gasteiger partial charge in [-0.15, -0.1) is 0 Å². The minimum absolute atomic E-state index is 0.0835. The number of ether oxygens (including phenoxy) is 2. The van der Waals surface area contributed by atoms with Gasteiger partial charge in [0.1, 0.15) is 0 Å². The molecule has 5 rings (SSSR count). The van der Waals surface area contributed by atoms with E-state index < -0.39 is 0 Å². The molecular formula is C27H32N2O3. The van der Waals surface area contributed by atoms with E-state index in [1.807, 2.05) is 29.2 Å². The standard InChI is InChI=1S/C27H32N2O3/c1-17-4-8-21(9-5-17)19(3)28-23-10-6-18(2)22-12-13-29(27(30)26(22)23)15-20-7-11-24-25(14-20)32-16-31-24/h6-7,10-11,14,17,21,28H,3-5,8-9,12-13,15-16H2,1-2H3. The van der Waals surface area contributed by atoms with Crippen LogP contribution >= 0.6 is 0 Å². The molecule has 0 aromatic heterocycles. The second kappa shape index (κ2) is 8.53. The minimum Gasteiger partial charge on any atom is -0.454 e. The molecule has 2 aliphatic heterocycles. The molecule has 1 amide bonds. The lowest BCUT2D eigenvalue weighted by Gasteiger charge is -2.33. The van der Waals surface area contributed by atoms with Crippen LogP contribution < -0.4 is 14.8 Å². The van der Waals surface area contributed by atoms with Crippen LogP contribution in [-0.4, -0.2) is 24.1 Å². The summed E-state index contributed by atoms with van der Waals surface area (Å²) in [5.74, 6) is 2.88. The van der Waals surface area contributed by atoms with Gasteiger partial charge in [0.2, 0.25) is 6.79 Å². The highest BCUT2D eigenvalue weighted by Crippen LogP contribution is 2.36. The topological polar surface area (TPSA) is 50.8 Å². The Kier molecular flexibility index (Phi) is 5.58. The first-order valence-electron chi connectivity index (χ1n) is 11.8.